The van der Waals surface area contributed by atoms with E-state index < -0.39 is 5.83 Å². The molecule has 0 spiro atoms. The molecule has 0 aromatic rings. The van der Waals surface area contributed by atoms with Crippen LogP contribution in [0.4, 0.5) is 4.39 Å². The van der Waals surface area contributed by atoms with Crippen molar-refractivity contribution in [3.8, 4) is 0 Å². The van der Waals surface area contributed by atoms with Crippen LogP contribution in [0.25, 0.3) is 0 Å². The van der Waals surface area contributed by atoms with Crippen LogP contribution >= 0.6 is 0 Å². The molecule has 0 aromatic heterocycles. The van der Waals surface area contributed by atoms with Gasteiger partial charge < -0.3 is 0 Å². The smallest absolute Gasteiger partial charge is 0.116 e. The van der Waals surface area contributed by atoms with Crippen molar-refractivity contribution in [2.24, 2.45) is 5.41 Å². The van der Waals surface area contributed by atoms with Gasteiger partial charge in [-0.1, -0.05) is 39.5 Å². The zero-order valence-corrected chi connectivity index (χ0v) is 14.7. The minimum absolute atomic E-state index is 0.0419. The van der Waals surface area contributed by atoms with Gasteiger partial charge in [0.05, 0.1) is 0 Å². The van der Waals surface area contributed by atoms with Crippen LogP contribution in [0.3, 0.4) is 0 Å². The Morgan fingerprint density at radius 1 is 1.36 bits per heavy atom. The average molecular weight is 309 g/mol. The van der Waals surface area contributed by atoms with Crippen LogP contribution in [-0.4, -0.2) is 25.4 Å². The molecule has 1 fully saturated rings. The quantitative estimate of drug-likeness (QED) is 0.656. The maximum absolute atomic E-state index is 13.0. The fourth-order valence-electron chi connectivity index (χ4n) is 3.30. The molecule has 4 unspecified atom stereocenters. The van der Waals surface area contributed by atoms with Crippen LogP contribution < -0.4 is 16.0 Å². The van der Waals surface area contributed by atoms with Gasteiger partial charge in [0.15, 0.2) is 0 Å². The minimum Gasteiger partial charge on any atom is -0.293 e. The highest BCUT2D eigenvalue weighted by Gasteiger charge is 2.38. The van der Waals surface area contributed by atoms with E-state index in [1.54, 1.807) is 0 Å². The van der Waals surface area contributed by atoms with E-state index in [0.717, 1.165) is 24.8 Å². The number of halogens is 1. The fourth-order valence-corrected chi connectivity index (χ4v) is 3.30. The van der Waals surface area contributed by atoms with Crippen LogP contribution in [0.5, 0.6) is 0 Å². The molecule has 1 aliphatic rings. The lowest BCUT2D eigenvalue weighted by Crippen LogP contribution is -2.56. The van der Waals surface area contributed by atoms with Crippen LogP contribution in [0.1, 0.15) is 47.0 Å². The van der Waals surface area contributed by atoms with Gasteiger partial charge in [-0.2, -0.15) is 0 Å². The maximum atomic E-state index is 13.0. The van der Waals surface area contributed by atoms with E-state index >= 15 is 0 Å². The van der Waals surface area contributed by atoms with Gasteiger partial charge in [-0.15, -0.1) is 0 Å². The SMILES string of the molecule is C=C(F)C=CC(=CC)C1CC(C)(CC)C(CC)NC(NC)N1. The van der Waals surface area contributed by atoms with Gasteiger partial charge in [-0.05, 0) is 50.3 Å². The van der Waals surface area contributed by atoms with Gasteiger partial charge >= 0.3 is 0 Å². The minimum atomic E-state index is -0.416. The second kappa shape index (κ2) is 8.61. The van der Waals surface area contributed by atoms with E-state index in [1.165, 1.54) is 6.08 Å². The van der Waals surface area contributed by atoms with Gasteiger partial charge in [0, 0.05) is 12.1 Å². The lowest BCUT2D eigenvalue weighted by molar-refractivity contribution is 0.186. The summed E-state index contributed by atoms with van der Waals surface area (Å²) in [5.74, 6) is -0.416. The molecule has 1 saturated heterocycles. The van der Waals surface area contributed by atoms with Crippen molar-refractivity contribution in [1.82, 2.24) is 16.0 Å². The Labute approximate surface area is 135 Å². The summed E-state index contributed by atoms with van der Waals surface area (Å²) in [6.07, 6.45) is 8.55. The molecule has 1 rings (SSSR count). The van der Waals surface area contributed by atoms with Crippen molar-refractivity contribution in [1.29, 1.82) is 0 Å². The van der Waals surface area contributed by atoms with E-state index in [2.05, 4.69) is 43.3 Å². The summed E-state index contributed by atoms with van der Waals surface area (Å²) in [6, 6.07) is 0.609. The van der Waals surface area contributed by atoms with Crippen LogP contribution in [0.2, 0.25) is 0 Å². The molecule has 4 atom stereocenters. The predicted octanol–water partition coefficient (Wildman–Crippen LogP) is 3.62. The monoisotopic (exact) mass is 309 g/mol. The molecule has 0 aliphatic carbocycles. The second-order valence-corrected chi connectivity index (χ2v) is 6.35. The zero-order chi connectivity index (χ0) is 16.8. The van der Waals surface area contributed by atoms with Crippen molar-refractivity contribution in [2.75, 3.05) is 7.05 Å². The first kappa shape index (κ1) is 19.1. The fraction of sp³-hybridized carbons (Fsp3) is 0.667. The summed E-state index contributed by atoms with van der Waals surface area (Å²) in [6.45, 7) is 12.1. The third-order valence-corrected chi connectivity index (χ3v) is 4.94. The highest BCUT2D eigenvalue weighted by molar-refractivity contribution is 5.29. The number of rotatable bonds is 6. The summed E-state index contributed by atoms with van der Waals surface area (Å²) in [7, 11) is 1.94. The summed E-state index contributed by atoms with van der Waals surface area (Å²) in [5, 5.41) is 10.5. The molecule has 4 heteroatoms. The van der Waals surface area contributed by atoms with Gasteiger partial charge in [0.25, 0.3) is 0 Å². The molecule has 1 aliphatic heterocycles. The topological polar surface area (TPSA) is 36.1 Å². The van der Waals surface area contributed by atoms with Gasteiger partial charge in [0.2, 0.25) is 0 Å². The van der Waals surface area contributed by atoms with Gasteiger partial charge in [-0.3, -0.25) is 16.0 Å². The van der Waals surface area contributed by atoms with Crippen molar-refractivity contribution in [3.05, 3.63) is 36.2 Å². The molecule has 0 saturated carbocycles. The molecule has 22 heavy (non-hydrogen) atoms. The molecule has 0 radical (unpaired) electrons. The number of allylic oxidation sites excluding steroid dienone is 3. The standard InChI is InChI=1S/C18H32FN3/c1-7-14(11-10-13(4)19)15-12-18(5,9-3)16(8-2)22-17(20-6)21-15/h7,10-11,15-17,20-22H,4,8-9,12H2,1-3,5-6H3. The highest BCUT2D eigenvalue weighted by Crippen LogP contribution is 2.36. The van der Waals surface area contributed by atoms with Gasteiger partial charge in [-0.25, -0.2) is 4.39 Å². The summed E-state index contributed by atoms with van der Waals surface area (Å²) in [4.78, 5) is 0. The van der Waals surface area contributed by atoms with E-state index in [0.29, 0.717) is 6.04 Å². The van der Waals surface area contributed by atoms with Crippen molar-refractivity contribution in [2.45, 2.75) is 65.3 Å². The lowest BCUT2D eigenvalue weighted by Gasteiger charge is -2.37. The summed E-state index contributed by atoms with van der Waals surface area (Å²) >= 11 is 0. The Morgan fingerprint density at radius 2 is 2.05 bits per heavy atom. The van der Waals surface area contributed by atoms with E-state index in [-0.39, 0.29) is 17.7 Å². The van der Waals surface area contributed by atoms with Gasteiger partial charge in [0.1, 0.15) is 12.1 Å². The predicted molar refractivity (Wildman–Crippen MR) is 93.1 cm³/mol. The Kier molecular flexibility index (Phi) is 7.46. The first-order chi connectivity index (χ1) is 10.4. The Bertz CT molecular complexity index is 430. The number of nitrogens with one attached hydrogen (secondary N) is 3. The molecular weight excluding hydrogens is 277 g/mol. The normalized spacial score (nSPS) is 33.9. The molecule has 0 amide bonds. The first-order valence-electron chi connectivity index (χ1n) is 8.28. The Balaban J connectivity index is 3.09. The van der Waals surface area contributed by atoms with E-state index in [1.807, 2.05) is 26.1 Å². The number of hydrogen-bond acceptors (Lipinski definition) is 3. The molecule has 3 N–H and O–H groups in total. The van der Waals surface area contributed by atoms with Crippen LogP contribution in [-0.2, 0) is 0 Å². The first-order valence-corrected chi connectivity index (χ1v) is 8.28. The Morgan fingerprint density at radius 3 is 2.50 bits per heavy atom. The largest absolute Gasteiger partial charge is 0.293 e. The summed E-state index contributed by atoms with van der Waals surface area (Å²) < 4.78 is 13.0. The molecule has 0 bridgehead atoms. The van der Waals surface area contributed by atoms with Crippen LogP contribution in [0, 0.1) is 5.41 Å². The van der Waals surface area contributed by atoms with E-state index in [9.17, 15) is 4.39 Å². The van der Waals surface area contributed by atoms with Crippen LogP contribution in [0.15, 0.2) is 36.2 Å². The molecular formula is C18H32FN3. The van der Waals surface area contributed by atoms with Crippen molar-refractivity contribution in [3.63, 3.8) is 0 Å². The zero-order valence-electron chi connectivity index (χ0n) is 14.7. The molecule has 0 aromatic carbocycles. The highest BCUT2D eigenvalue weighted by atomic mass is 19.1. The van der Waals surface area contributed by atoms with E-state index in [4.69, 9.17) is 0 Å². The maximum Gasteiger partial charge on any atom is 0.116 e. The number of hydrogen-bond donors (Lipinski definition) is 3. The van der Waals surface area contributed by atoms with Crippen molar-refractivity contribution >= 4 is 0 Å². The molecule has 3 nitrogen and oxygen atoms in total. The molecule has 126 valence electrons. The average Bonchev–Trinajstić information content (AvgIpc) is 2.64. The third kappa shape index (κ3) is 4.77. The third-order valence-electron chi connectivity index (χ3n) is 4.94. The second-order valence-electron chi connectivity index (χ2n) is 6.35. The summed E-state index contributed by atoms with van der Waals surface area (Å²) in [5.41, 5.74) is 1.28. The lowest BCUT2D eigenvalue weighted by atomic mass is 9.73. The van der Waals surface area contributed by atoms with Crippen molar-refractivity contribution < 1.29 is 4.39 Å². The Hall–Kier alpha value is -0.970. The molecule has 1 heterocycles.